The molecule has 5 aliphatic rings. The van der Waals surface area contributed by atoms with Crippen molar-refractivity contribution in [3.05, 3.63) is 11.4 Å². The van der Waals surface area contributed by atoms with Gasteiger partial charge in [-0.1, -0.05) is 6.92 Å². The normalized spacial score (nSPS) is 46.0. The molecule has 5 aliphatic carbocycles. The van der Waals surface area contributed by atoms with Crippen molar-refractivity contribution in [2.24, 2.45) is 40.4 Å². The summed E-state index contributed by atoms with van der Waals surface area (Å²) in [4.78, 5) is 15.6. The summed E-state index contributed by atoms with van der Waals surface area (Å²) in [6.07, 6.45) is 13.1. The van der Waals surface area contributed by atoms with Gasteiger partial charge >= 0.3 is 18.8 Å². The van der Waals surface area contributed by atoms with E-state index in [1.54, 1.807) is 0 Å². The predicted octanol–water partition coefficient (Wildman–Crippen LogP) is 7.62. The molecule has 0 aromatic carbocycles. The first kappa shape index (κ1) is 26.7. The average Bonchev–Trinajstić information content (AvgIpc) is 3.23. The molecule has 5 rings (SSSR count). The molecule has 0 heterocycles. The highest BCUT2D eigenvalue weighted by molar-refractivity contribution is 7.55. The molecule has 4 unspecified atom stereocenters. The third kappa shape index (κ3) is 3.94. The minimum absolute atomic E-state index is 0.106. The molecule has 202 valence electrons. The Kier molecular flexibility index (Phi) is 7.19. The van der Waals surface area contributed by atoms with Gasteiger partial charge in [-0.05, 0) is 118 Å². The van der Waals surface area contributed by atoms with Gasteiger partial charge in [-0.2, -0.15) is 0 Å². The molecule has 5 fully saturated rings. The summed E-state index contributed by atoms with van der Waals surface area (Å²) in [5, 5.41) is -1.01. The Balaban J connectivity index is 1.35. The van der Waals surface area contributed by atoms with Crippen molar-refractivity contribution < 1.29 is 23.1 Å². The molecule has 0 bridgehead atoms. The van der Waals surface area contributed by atoms with Gasteiger partial charge < -0.3 is 13.8 Å². The first-order valence-electron chi connectivity index (χ1n) is 14.6. The van der Waals surface area contributed by atoms with Crippen LogP contribution < -0.4 is 0 Å². The van der Waals surface area contributed by atoms with Crippen LogP contribution in [0.25, 0.3) is 4.85 Å². The number of carbonyl (C=O) groups is 1. The lowest BCUT2D eigenvalue weighted by atomic mass is 9.43. The van der Waals surface area contributed by atoms with Crippen LogP contribution in [0.3, 0.4) is 0 Å². The Morgan fingerprint density at radius 1 is 0.944 bits per heavy atom. The summed E-state index contributed by atoms with van der Waals surface area (Å²) in [7, 11) is -3.49. The lowest BCUT2D eigenvalue weighted by Crippen LogP contribution is -2.56. The highest BCUT2D eigenvalue weighted by Gasteiger charge is 2.69. The quantitative estimate of drug-likeness (QED) is 0.205. The van der Waals surface area contributed by atoms with Gasteiger partial charge in [-0.3, -0.25) is 14.2 Å². The molecular weight excluding hydrogens is 473 g/mol. The molecule has 0 radical (unpaired) electrons. The van der Waals surface area contributed by atoms with Crippen molar-refractivity contribution in [1.82, 2.24) is 0 Å². The van der Waals surface area contributed by atoms with Gasteiger partial charge in [0.25, 0.3) is 0 Å². The van der Waals surface area contributed by atoms with E-state index >= 15 is 0 Å². The van der Waals surface area contributed by atoms with Crippen LogP contribution in [-0.4, -0.2) is 30.6 Å². The van der Waals surface area contributed by atoms with E-state index in [4.69, 9.17) is 20.4 Å². The lowest BCUT2D eigenvalue weighted by Gasteiger charge is -2.62. The van der Waals surface area contributed by atoms with Gasteiger partial charge in [0.05, 0.1) is 13.2 Å². The van der Waals surface area contributed by atoms with E-state index in [2.05, 4.69) is 11.8 Å². The number of ether oxygens (including phenoxy) is 1. The number of esters is 1. The van der Waals surface area contributed by atoms with Crippen molar-refractivity contribution in [1.29, 1.82) is 0 Å². The third-order valence-corrected chi connectivity index (χ3v) is 14.4. The molecule has 36 heavy (non-hydrogen) atoms. The van der Waals surface area contributed by atoms with Crippen LogP contribution in [0.5, 0.6) is 0 Å². The molecular formula is C29H46NO5P. The van der Waals surface area contributed by atoms with Crippen molar-refractivity contribution in [3.8, 4) is 0 Å². The Labute approximate surface area is 217 Å². The highest BCUT2D eigenvalue weighted by atomic mass is 31.2. The van der Waals surface area contributed by atoms with E-state index in [-0.39, 0.29) is 12.1 Å². The van der Waals surface area contributed by atoms with E-state index in [0.717, 1.165) is 43.4 Å². The number of rotatable bonds is 6. The zero-order valence-corrected chi connectivity index (χ0v) is 23.7. The summed E-state index contributed by atoms with van der Waals surface area (Å²) in [6.45, 7) is 16.5. The molecule has 0 amide bonds. The van der Waals surface area contributed by atoms with E-state index < -0.39 is 12.9 Å². The van der Waals surface area contributed by atoms with E-state index in [9.17, 15) is 9.36 Å². The Morgan fingerprint density at radius 2 is 1.67 bits per heavy atom. The summed E-state index contributed by atoms with van der Waals surface area (Å²) in [5.74, 6) is 3.22. The molecule has 5 saturated carbocycles. The second-order valence-electron chi connectivity index (χ2n) is 12.8. The van der Waals surface area contributed by atoms with Crippen molar-refractivity contribution in [2.45, 2.75) is 116 Å². The fourth-order valence-corrected chi connectivity index (χ4v) is 12.4. The minimum atomic E-state index is -3.49. The van der Waals surface area contributed by atoms with Crippen molar-refractivity contribution in [3.63, 3.8) is 0 Å². The maximum absolute atomic E-state index is 13.9. The van der Waals surface area contributed by atoms with Crippen LogP contribution in [0.15, 0.2) is 0 Å². The highest BCUT2D eigenvalue weighted by Crippen LogP contribution is 2.75. The monoisotopic (exact) mass is 519 g/mol. The average molecular weight is 520 g/mol. The third-order valence-electron chi connectivity index (χ3n) is 11.7. The summed E-state index contributed by atoms with van der Waals surface area (Å²) >= 11 is 0. The van der Waals surface area contributed by atoms with Gasteiger partial charge in [0, 0.05) is 19.8 Å². The molecule has 1 spiro atoms. The summed E-state index contributed by atoms with van der Waals surface area (Å²) < 4.78 is 31.1. The zero-order valence-electron chi connectivity index (χ0n) is 22.8. The molecule has 7 heteroatoms. The van der Waals surface area contributed by atoms with Crippen molar-refractivity contribution in [2.75, 3.05) is 13.2 Å². The molecule has 0 aromatic heterocycles. The first-order chi connectivity index (χ1) is 17.2. The van der Waals surface area contributed by atoms with Crippen LogP contribution in [-0.2, 0) is 23.1 Å². The zero-order chi connectivity index (χ0) is 25.8. The Hall–Kier alpha value is -0.890. The number of nitrogens with zero attached hydrogens (tertiary/aromatic N) is 1. The van der Waals surface area contributed by atoms with Crippen LogP contribution in [0.2, 0.25) is 0 Å². The van der Waals surface area contributed by atoms with E-state index in [1.165, 1.54) is 45.4 Å². The Morgan fingerprint density at radius 3 is 2.33 bits per heavy atom. The number of hydrogen-bond acceptors (Lipinski definition) is 5. The molecule has 0 aliphatic heterocycles. The fraction of sp³-hybridized carbons (Fsp3) is 0.931. The number of fused-ring (bicyclic) bond motifs is 4. The first-order valence-corrected chi connectivity index (χ1v) is 16.2. The maximum atomic E-state index is 13.9. The van der Waals surface area contributed by atoms with Crippen LogP contribution in [0.4, 0.5) is 0 Å². The van der Waals surface area contributed by atoms with Gasteiger partial charge in [-0.25, -0.2) is 6.57 Å². The van der Waals surface area contributed by atoms with Gasteiger partial charge in [0.1, 0.15) is 6.10 Å². The van der Waals surface area contributed by atoms with Crippen LogP contribution in [0.1, 0.15) is 105 Å². The van der Waals surface area contributed by atoms with Crippen LogP contribution in [0, 0.1) is 47.0 Å². The SMILES string of the molecule is [C-]#[N+]C1(P(=O)(OCC)OCC)CC[C@]23CCC4C(CC[C@H]5C[C@H](OC(C)=O)CC[C@]45C)C2CC[C@@H]3C1. The summed E-state index contributed by atoms with van der Waals surface area (Å²) in [6, 6.07) is 0. The molecule has 9 atom stereocenters. The van der Waals surface area contributed by atoms with Gasteiger partial charge in [0.2, 0.25) is 0 Å². The van der Waals surface area contributed by atoms with E-state index in [1.807, 2.05) is 13.8 Å². The second-order valence-corrected chi connectivity index (χ2v) is 15.2. The molecule has 0 N–H and O–H groups in total. The predicted molar refractivity (Wildman–Crippen MR) is 139 cm³/mol. The minimum Gasteiger partial charge on any atom is -0.463 e. The van der Waals surface area contributed by atoms with Crippen molar-refractivity contribution >= 4 is 13.6 Å². The molecule has 6 nitrogen and oxygen atoms in total. The largest absolute Gasteiger partial charge is 0.463 e. The topological polar surface area (TPSA) is 66.2 Å². The number of carbonyl (C=O) groups excluding carboxylic acids is 1. The standard InChI is InChI=1S/C29H46NO5P/c1-6-33-36(32,34-7-2)29(30-5)17-16-28-15-13-25-24(26(28)11-9-22(28)19-29)10-8-21-18-23(35-20(3)31)12-14-27(21,25)4/h21-26H,6-19H2,1-4H3/t21-,22+,23+,24?,25?,26?,27-,28-,29?/m0/s1. The number of hydrogen-bond donors (Lipinski definition) is 0. The van der Waals surface area contributed by atoms with Crippen LogP contribution >= 0.6 is 7.60 Å². The molecule has 0 aromatic rings. The molecule has 0 saturated heterocycles. The van der Waals surface area contributed by atoms with E-state index in [0.29, 0.717) is 48.7 Å². The lowest BCUT2D eigenvalue weighted by molar-refractivity contribution is -0.162. The Bertz CT molecular complexity index is 938. The second kappa shape index (κ2) is 9.69. The van der Waals surface area contributed by atoms with Gasteiger partial charge in [-0.15, -0.1) is 0 Å². The maximum Gasteiger partial charge on any atom is 0.415 e. The van der Waals surface area contributed by atoms with Gasteiger partial charge in [0.15, 0.2) is 0 Å². The summed E-state index contributed by atoms with van der Waals surface area (Å²) in [5.41, 5.74) is 0.657. The smallest absolute Gasteiger partial charge is 0.415 e. The fourth-order valence-electron chi connectivity index (χ4n) is 10.3.